The fourth-order valence-electron chi connectivity index (χ4n) is 5.04. The lowest BCUT2D eigenvalue weighted by molar-refractivity contribution is -0.145. The zero-order chi connectivity index (χ0) is 29.1. The maximum Gasteiger partial charge on any atom is 0.258 e. The van der Waals surface area contributed by atoms with E-state index in [0.29, 0.717) is 19.4 Å². The molecule has 0 unspecified atom stereocenters. The Morgan fingerprint density at radius 2 is 1.74 bits per heavy atom. The number of likely N-dealkylation sites (tertiary alicyclic amines) is 1. The van der Waals surface area contributed by atoms with E-state index in [9.17, 15) is 19.2 Å². The standard InChI is InChI=1S/C30H46N4O5/c1-19(2)15-22(27(37)34-18-30(13-14-30)16-23(34)28(38)33(8)20(3)4)31-26(36)21-11-9-10-12-24(21)39-17-25(35)32-29(5,6)7/h9-12,19-20,22-23H,13-18H2,1-8H3,(H,31,36)(H,32,35)/t22-,23-/m1/s1. The van der Waals surface area contributed by atoms with Gasteiger partial charge in [-0.05, 0) is 83.8 Å². The predicted molar refractivity (Wildman–Crippen MR) is 150 cm³/mol. The second kappa shape index (κ2) is 12.0. The number of nitrogens with one attached hydrogen (secondary N) is 2. The van der Waals surface area contributed by atoms with Gasteiger partial charge in [-0.25, -0.2) is 0 Å². The van der Waals surface area contributed by atoms with Crippen molar-refractivity contribution in [3.05, 3.63) is 29.8 Å². The van der Waals surface area contributed by atoms with E-state index in [0.717, 1.165) is 12.8 Å². The van der Waals surface area contributed by atoms with Crippen LogP contribution in [0.3, 0.4) is 0 Å². The van der Waals surface area contributed by atoms with Gasteiger partial charge < -0.3 is 25.2 Å². The van der Waals surface area contributed by atoms with Crippen LogP contribution in [-0.2, 0) is 14.4 Å². The molecule has 39 heavy (non-hydrogen) atoms. The van der Waals surface area contributed by atoms with Crippen LogP contribution >= 0.6 is 0 Å². The summed E-state index contributed by atoms with van der Waals surface area (Å²) >= 11 is 0. The minimum Gasteiger partial charge on any atom is -0.483 e. The Bertz CT molecular complexity index is 1070. The first-order valence-electron chi connectivity index (χ1n) is 14.0. The second-order valence-electron chi connectivity index (χ2n) is 13.0. The van der Waals surface area contributed by atoms with Crippen LogP contribution in [0.5, 0.6) is 5.75 Å². The summed E-state index contributed by atoms with van der Waals surface area (Å²) in [4.78, 5) is 56.5. The van der Waals surface area contributed by atoms with Crippen molar-refractivity contribution in [1.82, 2.24) is 20.4 Å². The average molecular weight is 543 g/mol. The first kappa shape index (κ1) is 30.4. The molecule has 1 aromatic rings. The van der Waals surface area contributed by atoms with Crippen LogP contribution in [0.1, 0.15) is 84.5 Å². The highest BCUT2D eigenvalue weighted by molar-refractivity contribution is 6.00. The van der Waals surface area contributed by atoms with Crippen molar-refractivity contribution in [1.29, 1.82) is 0 Å². The molecule has 1 aliphatic heterocycles. The Hall–Kier alpha value is -3.10. The highest BCUT2D eigenvalue weighted by Crippen LogP contribution is 2.55. The number of likely N-dealkylation sites (N-methyl/N-ethyl adjacent to an activating group) is 1. The van der Waals surface area contributed by atoms with Gasteiger partial charge in [0.15, 0.2) is 6.61 Å². The number of para-hydroxylation sites is 1. The van der Waals surface area contributed by atoms with Crippen LogP contribution in [0.25, 0.3) is 0 Å². The van der Waals surface area contributed by atoms with Crippen LogP contribution < -0.4 is 15.4 Å². The molecule has 2 atom stereocenters. The number of amides is 4. The van der Waals surface area contributed by atoms with Crippen molar-refractivity contribution >= 4 is 23.6 Å². The van der Waals surface area contributed by atoms with Gasteiger partial charge in [-0.1, -0.05) is 26.0 Å². The smallest absolute Gasteiger partial charge is 0.258 e. The molecular formula is C30H46N4O5. The Labute approximate surface area is 233 Å². The number of benzene rings is 1. The topological polar surface area (TPSA) is 108 Å². The van der Waals surface area contributed by atoms with Crippen molar-refractivity contribution in [2.75, 3.05) is 20.2 Å². The van der Waals surface area contributed by atoms with Gasteiger partial charge in [0.05, 0.1) is 5.56 Å². The van der Waals surface area contributed by atoms with Gasteiger partial charge in [0, 0.05) is 25.2 Å². The predicted octanol–water partition coefficient (Wildman–Crippen LogP) is 3.37. The molecular weight excluding hydrogens is 496 g/mol. The molecule has 1 spiro atoms. The summed E-state index contributed by atoms with van der Waals surface area (Å²) in [5.74, 6) is -0.626. The molecule has 0 bridgehead atoms. The summed E-state index contributed by atoms with van der Waals surface area (Å²) in [6, 6.07) is 5.40. The third-order valence-electron chi connectivity index (χ3n) is 7.47. The van der Waals surface area contributed by atoms with Crippen molar-refractivity contribution in [2.24, 2.45) is 11.3 Å². The van der Waals surface area contributed by atoms with E-state index < -0.39 is 23.5 Å². The second-order valence-corrected chi connectivity index (χ2v) is 13.0. The lowest BCUT2D eigenvalue weighted by Gasteiger charge is -2.32. The first-order chi connectivity index (χ1) is 18.1. The van der Waals surface area contributed by atoms with Gasteiger partial charge in [0.2, 0.25) is 11.8 Å². The number of hydrogen-bond donors (Lipinski definition) is 2. The molecule has 1 heterocycles. The van der Waals surface area contributed by atoms with E-state index in [1.165, 1.54) is 0 Å². The van der Waals surface area contributed by atoms with E-state index in [1.807, 2.05) is 48.5 Å². The number of hydrogen-bond acceptors (Lipinski definition) is 5. The first-order valence-corrected chi connectivity index (χ1v) is 14.0. The molecule has 2 N–H and O–H groups in total. The fraction of sp³-hybridized carbons (Fsp3) is 0.667. The third-order valence-corrected chi connectivity index (χ3v) is 7.47. The molecule has 1 saturated carbocycles. The summed E-state index contributed by atoms with van der Waals surface area (Å²) in [6.45, 7) is 13.9. The molecule has 2 fully saturated rings. The van der Waals surface area contributed by atoms with E-state index in [-0.39, 0.29) is 53.0 Å². The van der Waals surface area contributed by atoms with E-state index in [1.54, 1.807) is 41.1 Å². The highest BCUT2D eigenvalue weighted by Gasteiger charge is 2.56. The van der Waals surface area contributed by atoms with Gasteiger partial charge in [0.1, 0.15) is 17.8 Å². The van der Waals surface area contributed by atoms with Gasteiger partial charge in [0.25, 0.3) is 11.8 Å². The Kier molecular flexibility index (Phi) is 9.34. The Morgan fingerprint density at radius 1 is 1.10 bits per heavy atom. The van der Waals surface area contributed by atoms with Crippen LogP contribution in [0.15, 0.2) is 24.3 Å². The molecule has 216 valence electrons. The molecule has 0 radical (unpaired) electrons. The largest absolute Gasteiger partial charge is 0.483 e. The molecule has 9 heteroatoms. The van der Waals surface area contributed by atoms with Crippen LogP contribution in [0.2, 0.25) is 0 Å². The zero-order valence-electron chi connectivity index (χ0n) is 24.8. The summed E-state index contributed by atoms with van der Waals surface area (Å²) in [5, 5.41) is 5.76. The highest BCUT2D eigenvalue weighted by atomic mass is 16.5. The Balaban J connectivity index is 1.78. The average Bonchev–Trinajstić information content (AvgIpc) is 3.49. The number of ether oxygens (including phenoxy) is 1. The minimum atomic E-state index is -0.789. The monoisotopic (exact) mass is 542 g/mol. The van der Waals surface area contributed by atoms with Crippen molar-refractivity contribution in [3.63, 3.8) is 0 Å². The van der Waals surface area contributed by atoms with Crippen molar-refractivity contribution in [2.45, 2.75) is 97.8 Å². The van der Waals surface area contributed by atoms with Gasteiger partial charge in [-0.3, -0.25) is 19.2 Å². The number of carbonyl (C=O) groups excluding carboxylic acids is 4. The van der Waals surface area contributed by atoms with Crippen LogP contribution in [0, 0.1) is 11.3 Å². The molecule has 3 rings (SSSR count). The normalized spacial score (nSPS) is 18.7. The van der Waals surface area contributed by atoms with E-state index in [4.69, 9.17) is 4.74 Å². The summed E-state index contributed by atoms with van der Waals surface area (Å²) in [7, 11) is 1.78. The summed E-state index contributed by atoms with van der Waals surface area (Å²) < 4.78 is 5.70. The molecule has 4 amide bonds. The number of rotatable bonds is 10. The molecule has 9 nitrogen and oxygen atoms in total. The quantitative estimate of drug-likeness (QED) is 0.471. The summed E-state index contributed by atoms with van der Waals surface area (Å²) in [6.07, 6.45) is 3.14. The maximum absolute atomic E-state index is 14.0. The molecule has 1 saturated heterocycles. The fourth-order valence-corrected chi connectivity index (χ4v) is 5.04. The number of carbonyl (C=O) groups is 4. The van der Waals surface area contributed by atoms with Gasteiger partial charge in [-0.15, -0.1) is 0 Å². The van der Waals surface area contributed by atoms with E-state index >= 15 is 0 Å². The molecule has 0 aromatic heterocycles. The van der Waals surface area contributed by atoms with Crippen LogP contribution in [-0.4, -0.2) is 77.3 Å². The lowest BCUT2D eigenvalue weighted by atomic mass is 10.0. The lowest BCUT2D eigenvalue weighted by Crippen LogP contribution is -2.54. The maximum atomic E-state index is 14.0. The number of nitrogens with zero attached hydrogens (tertiary/aromatic N) is 2. The zero-order valence-corrected chi connectivity index (χ0v) is 24.8. The molecule has 2 aliphatic rings. The van der Waals surface area contributed by atoms with E-state index in [2.05, 4.69) is 10.6 Å². The van der Waals surface area contributed by atoms with Gasteiger partial charge >= 0.3 is 0 Å². The SMILES string of the molecule is CC(C)C[C@@H](NC(=O)c1ccccc1OCC(=O)NC(C)(C)C)C(=O)N1CC2(CC2)C[C@@H]1C(=O)N(C)C(C)C. The summed E-state index contributed by atoms with van der Waals surface area (Å²) in [5.41, 5.74) is -0.136. The molecule has 1 aromatic carbocycles. The van der Waals surface area contributed by atoms with Crippen molar-refractivity contribution in [3.8, 4) is 5.75 Å². The van der Waals surface area contributed by atoms with Crippen molar-refractivity contribution < 1.29 is 23.9 Å². The Morgan fingerprint density at radius 3 is 2.31 bits per heavy atom. The van der Waals surface area contributed by atoms with Crippen LogP contribution in [0.4, 0.5) is 0 Å². The van der Waals surface area contributed by atoms with Gasteiger partial charge in [-0.2, -0.15) is 0 Å². The molecule has 1 aliphatic carbocycles. The minimum absolute atomic E-state index is 0.0221. The third kappa shape index (κ3) is 7.96.